The number of nitrogen functional groups attached to an aromatic ring is 2. The van der Waals surface area contributed by atoms with Gasteiger partial charge in [-0.05, 0) is 0 Å². The molecule has 0 spiro atoms. The van der Waals surface area contributed by atoms with E-state index in [1.807, 2.05) is 0 Å². The van der Waals surface area contributed by atoms with E-state index in [4.69, 9.17) is 35.2 Å². The second-order valence-electron chi connectivity index (χ2n) is 10.2. The third-order valence-corrected chi connectivity index (χ3v) is 7.00. The molecule has 2 aliphatic rings. The van der Waals surface area contributed by atoms with E-state index < -0.39 is 54.8 Å². The number of ether oxygens (including phenoxy) is 5. The molecule has 0 radical (unpaired) electrons. The van der Waals surface area contributed by atoms with Crippen LogP contribution in [0.4, 0.5) is 11.6 Å². The Bertz CT molecular complexity index is 1690. The second kappa shape index (κ2) is 13.3. The Morgan fingerprint density at radius 1 is 0.778 bits per heavy atom. The fourth-order valence-corrected chi connectivity index (χ4v) is 4.95. The van der Waals surface area contributed by atoms with Crippen LogP contribution in [0.25, 0.3) is 22.3 Å². The fraction of sp³-hybridized carbons (Fsp3) is 0.500. The maximum atomic E-state index is 11.3. The van der Waals surface area contributed by atoms with Gasteiger partial charge < -0.3 is 40.3 Å². The van der Waals surface area contributed by atoms with E-state index in [1.165, 1.54) is 33.4 Å². The molecule has 6 heterocycles. The quantitative estimate of drug-likeness (QED) is 0.177. The number of anilines is 2. The molecule has 2 fully saturated rings. The van der Waals surface area contributed by atoms with Crippen LogP contribution in [0.5, 0.6) is 0 Å². The van der Waals surface area contributed by atoms with Gasteiger partial charge in [-0.15, -0.1) is 0 Å². The molecule has 0 saturated carbocycles. The topological polar surface area (TPSA) is 257 Å². The van der Waals surface area contributed by atoms with E-state index in [2.05, 4.69) is 29.9 Å². The zero-order valence-electron chi connectivity index (χ0n) is 24.5. The third-order valence-electron chi connectivity index (χ3n) is 7.00. The normalized spacial score (nSPS) is 24.3. The van der Waals surface area contributed by atoms with Gasteiger partial charge in [0.15, 0.2) is 22.9 Å². The molecule has 240 valence electrons. The number of aliphatic hydroxyl groups is 1. The number of esters is 3. The van der Waals surface area contributed by atoms with Gasteiger partial charge in [-0.3, -0.25) is 23.5 Å². The van der Waals surface area contributed by atoms with Gasteiger partial charge in [0.2, 0.25) is 0 Å². The van der Waals surface area contributed by atoms with Crippen molar-refractivity contribution in [2.45, 2.75) is 70.5 Å². The third kappa shape index (κ3) is 7.05. The lowest BCUT2D eigenvalue weighted by Gasteiger charge is -2.17. The number of fused-ring (bicyclic) bond motifs is 2. The summed E-state index contributed by atoms with van der Waals surface area (Å²) in [5.74, 6) is -0.724. The van der Waals surface area contributed by atoms with E-state index >= 15 is 0 Å². The van der Waals surface area contributed by atoms with Gasteiger partial charge in [-0.1, -0.05) is 0 Å². The predicted molar refractivity (Wildman–Crippen MR) is 151 cm³/mol. The highest BCUT2D eigenvalue weighted by Gasteiger charge is 2.40. The van der Waals surface area contributed by atoms with Crippen molar-refractivity contribution in [2.24, 2.45) is 0 Å². The minimum atomic E-state index is -0.731. The summed E-state index contributed by atoms with van der Waals surface area (Å²) in [6.45, 7) is 3.93. The van der Waals surface area contributed by atoms with E-state index in [0.717, 1.165) is 0 Å². The standard InChI is InChI=1S/C14H17N5O5.C12H15N5O4/c1-7(20)22-4-10-9(23-8(2)21)3-11(24-10)19-6-18-12-13(15)16-5-17-14(12)19;1-6(18)20-3-8-7(19)2-9(21-8)17-5-16-10-11(13)14-4-15-12(10)17/h5-6,9-11H,3-4H2,1-2H3,(H2,15,16,17);4-5,7-9,19H,2-3H2,1H3,(H2,13,14,15)/t9-,10+,11+;7-,8+,9+/m00/s1. The molecule has 5 N–H and O–H groups in total. The zero-order valence-corrected chi connectivity index (χ0v) is 24.5. The molecule has 2 aliphatic heterocycles. The Morgan fingerprint density at radius 2 is 1.27 bits per heavy atom. The SMILES string of the molecule is CC(=O)OC[C@H]1O[C@@H](n2cnc3c(N)ncnc32)C[C@@H]1O.CC(=O)OC[C@H]1O[C@@H](n2cnc3c(N)ncnc32)C[C@@H]1OC(C)=O. The number of nitrogens with zero attached hydrogens (tertiary/aromatic N) is 8. The highest BCUT2D eigenvalue weighted by atomic mass is 16.6. The molecule has 0 aliphatic carbocycles. The van der Waals surface area contributed by atoms with Gasteiger partial charge in [0, 0.05) is 33.6 Å². The minimum absolute atomic E-state index is 0.00642. The molecule has 6 atom stereocenters. The molecule has 0 unspecified atom stereocenters. The van der Waals surface area contributed by atoms with Crippen LogP contribution in [-0.4, -0.2) is 99.7 Å². The number of rotatable bonds is 7. The molecule has 0 amide bonds. The number of hydrogen-bond acceptors (Lipinski definition) is 17. The summed E-state index contributed by atoms with van der Waals surface area (Å²) in [6.07, 6.45) is 3.16. The lowest BCUT2D eigenvalue weighted by atomic mass is 10.2. The van der Waals surface area contributed by atoms with Crippen molar-refractivity contribution in [3.05, 3.63) is 25.3 Å². The van der Waals surface area contributed by atoms with Crippen LogP contribution in [0.15, 0.2) is 25.3 Å². The first-order chi connectivity index (χ1) is 21.5. The maximum Gasteiger partial charge on any atom is 0.303 e. The van der Waals surface area contributed by atoms with E-state index in [-0.39, 0.29) is 24.8 Å². The Balaban J connectivity index is 0.000000179. The fourth-order valence-electron chi connectivity index (χ4n) is 4.95. The first-order valence-corrected chi connectivity index (χ1v) is 13.8. The van der Waals surface area contributed by atoms with Crippen LogP contribution in [0.2, 0.25) is 0 Å². The Kier molecular flexibility index (Phi) is 9.30. The highest BCUT2D eigenvalue weighted by Crippen LogP contribution is 2.34. The van der Waals surface area contributed by atoms with E-state index in [9.17, 15) is 19.5 Å². The molecule has 0 bridgehead atoms. The average molecular weight is 629 g/mol. The molecule has 19 nitrogen and oxygen atoms in total. The Hall–Kier alpha value is -5.01. The summed E-state index contributed by atoms with van der Waals surface area (Å²) in [6, 6.07) is 0. The maximum absolute atomic E-state index is 11.3. The molecular formula is C26H32N10O9. The number of carbonyl (C=O) groups is 3. The van der Waals surface area contributed by atoms with Crippen molar-refractivity contribution >= 4 is 51.9 Å². The van der Waals surface area contributed by atoms with E-state index in [1.54, 1.807) is 21.8 Å². The molecule has 45 heavy (non-hydrogen) atoms. The largest absolute Gasteiger partial charge is 0.463 e. The molecule has 4 aromatic heterocycles. The molecule has 0 aromatic carbocycles. The van der Waals surface area contributed by atoms with Crippen LogP contribution < -0.4 is 11.5 Å². The molecular weight excluding hydrogens is 596 g/mol. The Labute approximate surface area is 254 Å². The van der Waals surface area contributed by atoms with Crippen molar-refractivity contribution in [1.82, 2.24) is 39.0 Å². The van der Waals surface area contributed by atoms with Crippen LogP contribution in [-0.2, 0) is 38.1 Å². The van der Waals surface area contributed by atoms with Crippen molar-refractivity contribution in [3.63, 3.8) is 0 Å². The summed E-state index contributed by atoms with van der Waals surface area (Å²) in [4.78, 5) is 57.5. The first kappa shape index (κ1) is 31.4. The van der Waals surface area contributed by atoms with Crippen molar-refractivity contribution < 1.29 is 43.2 Å². The lowest BCUT2D eigenvalue weighted by Crippen LogP contribution is -2.31. The summed E-state index contributed by atoms with van der Waals surface area (Å²) < 4.78 is 30.1. The number of aromatic nitrogens is 8. The van der Waals surface area contributed by atoms with Crippen LogP contribution in [0.1, 0.15) is 46.1 Å². The van der Waals surface area contributed by atoms with Crippen LogP contribution >= 0.6 is 0 Å². The molecule has 2 saturated heterocycles. The zero-order chi connectivity index (χ0) is 32.2. The summed E-state index contributed by atoms with van der Waals surface area (Å²) in [5.41, 5.74) is 13.5. The van der Waals surface area contributed by atoms with Gasteiger partial charge in [0.05, 0.1) is 18.8 Å². The van der Waals surface area contributed by atoms with Crippen LogP contribution in [0.3, 0.4) is 0 Å². The number of carbonyl (C=O) groups excluding carboxylic acids is 3. The highest BCUT2D eigenvalue weighted by molar-refractivity contribution is 5.81. The van der Waals surface area contributed by atoms with Gasteiger partial charge >= 0.3 is 17.9 Å². The predicted octanol–water partition coefficient (Wildman–Crippen LogP) is -0.189. The molecule has 19 heteroatoms. The summed E-state index contributed by atoms with van der Waals surface area (Å²) >= 11 is 0. The number of nitrogens with two attached hydrogens (primary N) is 2. The summed E-state index contributed by atoms with van der Waals surface area (Å²) in [5, 5.41) is 9.99. The van der Waals surface area contributed by atoms with Gasteiger partial charge in [0.1, 0.15) is 67.7 Å². The smallest absolute Gasteiger partial charge is 0.303 e. The minimum Gasteiger partial charge on any atom is -0.463 e. The molecule has 4 aromatic rings. The monoisotopic (exact) mass is 628 g/mol. The average Bonchev–Trinajstić information content (AvgIpc) is 3.76. The number of hydrogen-bond donors (Lipinski definition) is 3. The lowest BCUT2D eigenvalue weighted by molar-refractivity contribution is -0.155. The van der Waals surface area contributed by atoms with Crippen molar-refractivity contribution in [3.8, 4) is 0 Å². The summed E-state index contributed by atoms with van der Waals surface area (Å²) in [7, 11) is 0. The number of aliphatic hydroxyl groups excluding tert-OH is 1. The van der Waals surface area contributed by atoms with Crippen molar-refractivity contribution in [1.29, 1.82) is 0 Å². The van der Waals surface area contributed by atoms with Crippen molar-refractivity contribution in [2.75, 3.05) is 24.7 Å². The van der Waals surface area contributed by atoms with E-state index in [0.29, 0.717) is 35.2 Å². The van der Waals surface area contributed by atoms with Gasteiger partial charge in [-0.25, -0.2) is 29.9 Å². The Morgan fingerprint density at radius 3 is 1.78 bits per heavy atom. The number of imidazole rings is 2. The first-order valence-electron chi connectivity index (χ1n) is 13.8. The van der Waals surface area contributed by atoms with Gasteiger partial charge in [0.25, 0.3) is 0 Å². The molecule has 6 rings (SSSR count). The van der Waals surface area contributed by atoms with Gasteiger partial charge in [-0.2, -0.15) is 0 Å². The van der Waals surface area contributed by atoms with Crippen LogP contribution in [0, 0.1) is 0 Å². The second-order valence-corrected chi connectivity index (χ2v) is 10.2.